The quantitative estimate of drug-likeness (QED) is 0.824. The Morgan fingerprint density at radius 1 is 1.19 bits per heavy atom. The first-order chi connectivity index (χ1) is 7.75. The lowest BCUT2D eigenvalue weighted by atomic mass is 10.2. The summed E-state index contributed by atoms with van der Waals surface area (Å²) in [6, 6.07) is 6.56. The van der Waals surface area contributed by atoms with Crippen LogP contribution in [-0.2, 0) is 6.54 Å². The molecule has 0 aliphatic heterocycles. The first kappa shape index (κ1) is 10.4. The van der Waals surface area contributed by atoms with Crippen molar-refractivity contribution in [1.82, 2.24) is 9.97 Å². The Morgan fingerprint density at radius 2 is 1.88 bits per heavy atom. The van der Waals surface area contributed by atoms with E-state index in [0.29, 0.717) is 23.7 Å². The molecule has 0 aliphatic carbocycles. The standard InChI is InChI=1S/C11H11FN4/c12-10-4-2-1-3-8(10)5-14-11-15-6-9(13)7-16-11/h1-4,6-7H,5,13H2,(H,14,15,16). The summed E-state index contributed by atoms with van der Waals surface area (Å²) in [5.74, 6) is 0.183. The van der Waals surface area contributed by atoms with Gasteiger partial charge in [-0.25, -0.2) is 14.4 Å². The molecule has 0 unspecified atom stereocenters. The monoisotopic (exact) mass is 218 g/mol. The van der Waals surface area contributed by atoms with Crippen LogP contribution in [0.2, 0.25) is 0 Å². The average molecular weight is 218 g/mol. The van der Waals surface area contributed by atoms with Crippen molar-refractivity contribution >= 4 is 11.6 Å². The number of aromatic nitrogens is 2. The largest absolute Gasteiger partial charge is 0.396 e. The van der Waals surface area contributed by atoms with Crippen LogP contribution in [0.5, 0.6) is 0 Å². The molecule has 2 rings (SSSR count). The van der Waals surface area contributed by atoms with Crippen LogP contribution in [0.25, 0.3) is 0 Å². The van der Waals surface area contributed by atoms with Crippen LogP contribution in [0.4, 0.5) is 16.0 Å². The molecule has 0 atom stereocenters. The summed E-state index contributed by atoms with van der Waals surface area (Å²) in [5, 5.41) is 2.91. The summed E-state index contributed by atoms with van der Waals surface area (Å²) < 4.78 is 13.3. The van der Waals surface area contributed by atoms with Crippen molar-refractivity contribution in [3.8, 4) is 0 Å². The Balaban J connectivity index is 2.02. The van der Waals surface area contributed by atoms with Gasteiger partial charge in [0.2, 0.25) is 5.95 Å². The van der Waals surface area contributed by atoms with Crippen LogP contribution >= 0.6 is 0 Å². The fourth-order valence-corrected chi connectivity index (χ4v) is 1.25. The normalized spacial score (nSPS) is 10.1. The van der Waals surface area contributed by atoms with Crippen LogP contribution in [0.15, 0.2) is 36.7 Å². The number of benzene rings is 1. The number of hydrogen-bond donors (Lipinski definition) is 2. The molecule has 16 heavy (non-hydrogen) atoms. The van der Waals surface area contributed by atoms with Gasteiger partial charge in [0.1, 0.15) is 5.82 Å². The number of nitrogens with zero attached hydrogens (tertiary/aromatic N) is 2. The third-order valence-electron chi connectivity index (χ3n) is 2.07. The first-order valence-corrected chi connectivity index (χ1v) is 4.80. The third kappa shape index (κ3) is 2.44. The predicted octanol–water partition coefficient (Wildman–Crippen LogP) is 1.81. The lowest BCUT2D eigenvalue weighted by Gasteiger charge is -2.05. The average Bonchev–Trinajstić information content (AvgIpc) is 2.30. The highest BCUT2D eigenvalue weighted by molar-refractivity contribution is 5.36. The number of hydrogen-bond acceptors (Lipinski definition) is 4. The van der Waals surface area contributed by atoms with Gasteiger partial charge in [0.05, 0.1) is 18.1 Å². The molecule has 4 nitrogen and oxygen atoms in total. The fraction of sp³-hybridized carbons (Fsp3) is 0.0909. The molecule has 1 aromatic carbocycles. The fourth-order valence-electron chi connectivity index (χ4n) is 1.25. The predicted molar refractivity (Wildman–Crippen MR) is 60.2 cm³/mol. The maximum atomic E-state index is 13.3. The van der Waals surface area contributed by atoms with Crippen molar-refractivity contribution in [2.24, 2.45) is 0 Å². The van der Waals surface area contributed by atoms with Crippen molar-refractivity contribution in [2.75, 3.05) is 11.1 Å². The third-order valence-corrected chi connectivity index (χ3v) is 2.07. The van der Waals surface area contributed by atoms with E-state index in [1.807, 2.05) is 0 Å². The van der Waals surface area contributed by atoms with Crippen LogP contribution in [0, 0.1) is 5.82 Å². The van der Waals surface area contributed by atoms with Gasteiger partial charge >= 0.3 is 0 Å². The number of nitrogens with one attached hydrogen (secondary N) is 1. The van der Waals surface area contributed by atoms with Crippen LogP contribution in [-0.4, -0.2) is 9.97 Å². The molecule has 1 aromatic heterocycles. The maximum Gasteiger partial charge on any atom is 0.222 e. The minimum absolute atomic E-state index is 0.245. The van der Waals surface area contributed by atoms with E-state index in [1.54, 1.807) is 18.2 Å². The van der Waals surface area contributed by atoms with E-state index in [0.717, 1.165) is 0 Å². The van der Waals surface area contributed by atoms with Crippen molar-refractivity contribution in [3.05, 3.63) is 48.0 Å². The smallest absolute Gasteiger partial charge is 0.222 e. The van der Waals surface area contributed by atoms with Gasteiger partial charge in [-0.05, 0) is 6.07 Å². The highest BCUT2D eigenvalue weighted by Gasteiger charge is 2.01. The van der Waals surface area contributed by atoms with E-state index in [9.17, 15) is 4.39 Å². The van der Waals surface area contributed by atoms with Gasteiger partial charge < -0.3 is 11.1 Å². The molecule has 0 saturated heterocycles. The van der Waals surface area contributed by atoms with Gasteiger partial charge in [-0.3, -0.25) is 0 Å². The summed E-state index contributed by atoms with van der Waals surface area (Å²) in [4.78, 5) is 7.91. The zero-order valence-electron chi connectivity index (χ0n) is 8.52. The number of nitrogens with two attached hydrogens (primary N) is 1. The SMILES string of the molecule is Nc1cnc(NCc2ccccc2F)nc1. The molecule has 0 radical (unpaired) electrons. The molecular weight excluding hydrogens is 207 g/mol. The molecule has 0 bridgehead atoms. The number of nitrogen functional groups attached to an aromatic ring is 1. The summed E-state index contributed by atoms with van der Waals surface area (Å²) in [7, 11) is 0. The minimum atomic E-state index is -0.245. The highest BCUT2D eigenvalue weighted by atomic mass is 19.1. The molecule has 3 N–H and O–H groups in total. The Bertz CT molecular complexity index is 470. The zero-order valence-corrected chi connectivity index (χ0v) is 8.52. The molecule has 0 saturated carbocycles. The Labute approximate surface area is 92.3 Å². The molecule has 0 fully saturated rings. The van der Waals surface area contributed by atoms with Gasteiger partial charge in [0, 0.05) is 12.1 Å². The molecule has 2 aromatic rings. The molecule has 0 spiro atoms. The van der Waals surface area contributed by atoms with Crippen molar-refractivity contribution in [1.29, 1.82) is 0 Å². The van der Waals surface area contributed by atoms with Crippen molar-refractivity contribution < 1.29 is 4.39 Å². The number of halogens is 1. The van der Waals surface area contributed by atoms with Gasteiger partial charge in [0.25, 0.3) is 0 Å². The van der Waals surface area contributed by atoms with Gasteiger partial charge in [-0.1, -0.05) is 18.2 Å². The number of rotatable bonds is 3. The topological polar surface area (TPSA) is 63.8 Å². The van der Waals surface area contributed by atoms with E-state index < -0.39 is 0 Å². The van der Waals surface area contributed by atoms with Gasteiger partial charge in [-0.2, -0.15) is 0 Å². The van der Waals surface area contributed by atoms with E-state index in [2.05, 4.69) is 15.3 Å². The summed E-state index contributed by atoms with van der Waals surface area (Å²) in [5.41, 5.74) is 6.51. The minimum Gasteiger partial charge on any atom is -0.396 e. The van der Waals surface area contributed by atoms with Crippen molar-refractivity contribution in [3.63, 3.8) is 0 Å². The Morgan fingerprint density at radius 3 is 2.56 bits per heavy atom. The van der Waals surface area contributed by atoms with Gasteiger partial charge in [-0.15, -0.1) is 0 Å². The van der Waals surface area contributed by atoms with E-state index in [-0.39, 0.29) is 5.82 Å². The second kappa shape index (κ2) is 4.57. The molecule has 5 heteroatoms. The second-order valence-corrected chi connectivity index (χ2v) is 3.28. The lowest BCUT2D eigenvalue weighted by molar-refractivity contribution is 0.612. The molecular formula is C11H11FN4. The summed E-state index contributed by atoms with van der Waals surface area (Å²) >= 11 is 0. The Kier molecular flexibility index (Phi) is 2.95. The van der Waals surface area contributed by atoms with Crippen LogP contribution in [0.3, 0.4) is 0 Å². The van der Waals surface area contributed by atoms with E-state index in [4.69, 9.17) is 5.73 Å². The lowest BCUT2D eigenvalue weighted by Crippen LogP contribution is -2.05. The second-order valence-electron chi connectivity index (χ2n) is 3.28. The highest BCUT2D eigenvalue weighted by Crippen LogP contribution is 2.08. The maximum absolute atomic E-state index is 13.3. The zero-order chi connectivity index (χ0) is 11.4. The molecule has 0 aliphatic rings. The van der Waals surface area contributed by atoms with E-state index >= 15 is 0 Å². The van der Waals surface area contributed by atoms with E-state index in [1.165, 1.54) is 18.5 Å². The first-order valence-electron chi connectivity index (χ1n) is 4.80. The van der Waals surface area contributed by atoms with Crippen molar-refractivity contribution in [2.45, 2.75) is 6.54 Å². The molecule has 82 valence electrons. The summed E-state index contributed by atoms with van der Waals surface area (Å²) in [6.07, 6.45) is 2.99. The van der Waals surface area contributed by atoms with Crippen LogP contribution < -0.4 is 11.1 Å². The molecule has 0 amide bonds. The number of anilines is 2. The molecule has 1 heterocycles. The van der Waals surface area contributed by atoms with Gasteiger partial charge in [0.15, 0.2) is 0 Å². The Hall–Kier alpha value is -2.17. The summed E-state index contributed by atoms with van der Waals surface area (Å²) in [6.45, 7) is 0.344. The van der Waals surface area contributed by atoms with Crippen LogP contribution in [0.1, 0.15) is 5.56 Å².